The van der Waals surface area contributed by atoms with E-state index >= 15 is 0 Å². The van der Waals surface area contributed by atoms with E-state index in [4.69, 9.17) is 9.47 Å². The second kappa shape index (κ2) is 10.5. The highest BCUT2D eigenvalue weighted by atomic mass is 32.2. The summed E-state index contributed by atoms with van der Waals surface area (Å²) < 4.78 is 36.7. The fourth-order valence-electron chi connectivity index (χ4n) is 3.08. The van der Waals surface area contributed by atoms with Crippen molar-refractivity contribution in [3.63, 3.8) is 0 Å². The van der Waals surface area contributed by atoms with Crippen molar-refractivity contribution in [3.05, 3.63) is 24.5 Å². The number of piperidine rings is 1. The van der Waals surface area contributed by atoms with Gasteiger partial charge in [-0.05, 0) is 31.9 Å². The van der Waals surface area contributed by atoms with Gasteiger partial charge in [0.15, 0.2) is 0 Å². The summed E-state index contributed by atoms with van der Waals surface area (Å²) >= 11 is 0. The van der Waals surface area contributed by atoms with E-state index in [1.54, 1.807) is 13.0 Å². The normalized spacial score (nSPS) is 15.9. The molecule has 10 heteroatoms. The number of sulfonamides is 1. The molecular formula is C18H27N3O6S. The topological polar surface area (TPSA) is 106 Å². The first kappa shape index (κ1) is 22.3. The summed E-state index contributed by atoms with van der Waals surface area (Å²) in [5, 5.41) is 0. The Kier molecular flexibility index (Phi) is 8.34. The second-order valence-corrected chi connectivity index (χ2v) is 8.36. The Bertz CT molecular complexity index is 748. The Morgan fingerprint density at radius 2 is 2.04 bits per heavy atom. The van der Waals surface area contributed by atoms with Gasteiger partial charge in [0.05, 0.1) is 13.2 Å². The molecule has 1 aliphatic heterocycles. The molecule has 0 atom stereocenters. The molecule has 0 aliphatic carbocycles. The Balaban J connectivity index is 1.99. The summed E-state index contributed by atoms with van der Waals surface area (Å²) in [4.78, 5) is 30.1. The zero-order chi connectivity index (χ0) is 20.6. The Labute approximate surface area is 165 Å². The number of ether oxygens (including phenoxy) is 2. The Morgan fingerprint density at radius 3 is 2.61 bits per heavy atom. The minimum absolute atomic E-state index is 0.135. The number of hydrogen-bond acceptors (Lipinski definition) is 7. The molecule has 0 saturated carbocycles. The lowest BCUT2D eigenvalue weighted by molar-refractivity contribution is -0.151. The third-order valence-electron chi connectivity index (χ3n) is 4.58. The lowest BCUT2D eigenvalue weighted by Gasteiger charge is -2.33. The third-order valence-corrected chi connectivity index (χ3v) is 6.46. The minimum atomic E-state index is -3.62. The van der Waals surface area contributed by atoms with Crippen molar-refractivity contribution in [1.29, 1.82) is 0 Å². The van der Waals surface area contributed by atoms with Crippen LogP contribution in [0.3, 0.4) is 0 Å². The maximum atomic E-state index is 12.9. The first-order valence-corrected chi connectivity index (χ1v) is 10.7. The summed E-state index contributed by atoms with van der Waals surface area (Å²) in [7, 11) is -2.10. The molecule has 2 heterocycles. The predicted molar refractivity (Wildman–Crippen MR) is 101 cm³/mol. The number of methoxy groups -OCH3 is 1. The molecule has 0 aromatic carbocycles. The van der Waals surface area contributed by atoms with Crippen molar-refractivity contribution in [2.75, 3.05) is 46.5 Å². The number of pyridine rings is 1. The van der Waals surface area contributed by atoms with Crippen LogP contribution in [0.1, 0.15) is 19.8 Å². The molecule has 1 amide bonds. The maximum absolute atomic E-state index is 12.9. The highest BCUT2D eigenvalue weighted by Crippen LogP contribution is 2.24. The van der Waals surface area contributed by atoms with Gasteiger partial charge in [0.25, 0.3) is 0 Å². The van der Waals surface area contributed by atoms with E-state index < -0.39 is 16.0 Å². The van der Waals surface area contributed by atoms with Crippen LogP contribution in [0.15, 0.2) is 29.4 Å². The van der Waals surface area contributed by atoms with Crippen molar-refractivity contribution in [2.24, 2.45) is 5.92 Å². The van der Waals surface area contributed by atoms with Gasteiger partial charge in [-0.2, -0.15) is 4.31 Å². The highest BCUT2D eigenvalue weighted by molar-refractivity contribution is 7.89. The third kappa shape index (κ3) is 5.73. The average molecular weight is 413 g/mol. The molecule has 1 aliphatic rings. The van der Waals surface area contributed by atoms with Crippen LogP contribution in [0.25, 0.3) is 0 Å². The number of carbonyl (C=O) groups is 2. The van der Waals surface area contributed by atoms with Crippen molar-refractivity contribution in [2.45, 2.75) is 24.7 Å². The molecule has 0 unspecified atom stereocenters. The van der Waals surface area contributed by atoms with Crippen LogP contribution in [0.4, 0.5) is 0 Å². The summed E-state index contributed by atoms with van der Waals surface area (Å²) in [5.41, 5.74) is 0. The van der Waals surface area contributed by atoms with E-state index in [9.17, 15) is 18.0 Å². The number of aromatic nitrogens is 1. The van der Waals surface area contributed by atoms with Crippen molar-refractivity contribution in [1.82, 2.24) is 14.2 Å². The smallest absolute Gasteiger partial charge is 0.325 e. The van der Waals surface area contributed by atoms with Crippen LogP contribution >= 0.6 is 0 Å². The molecule has 1 aromatic rings. The molecule has 0 N–H and O–H groups in total. The highest BCUT2D eigenvalue weighted by Gasteiger charge is 2.34. The lowest BCUT2D eigenvalue weighted by Crippen LogP contribution is -2.46. The zero-order valence-electron chi connectivity index (χ0n) is 16.2. The number of nitrogens with zero attached hydrogens (tertiary/aromatic N) is 3. The maximum Gasteiger partial charge on any atom is 0.325 e. The van der Waals surface area contributed by atoms with Crippen LogP contribution in [-0.2, 0) is 29.1 Å². The summed E-state index contributed by atoms with van der Waals surface area (Å²) in [6.45, 7) is 2.88. The van der Waals surface area contributed by atoms with E-state index in [0.717, 1.165) is 0 Å². The number of amides is 1. The molecule has 0 spiro atoms. The molecule has 1 fully saturated rings. The monoisotopic (exact) mass is 413 g/mol. The molecule has 28 heavy (non-hydrogen) atoms. The average Bonchev–Trinajstić information content (AvgIpc) is 2.71. The van der Waals surface area contributed by atoms with Crippen LogP contribution in [0, 0.1) is 5.92 Å². The van der Waals surface area contributed by atoms with Gasteiger partial charge in [-0.15, -0.1) is 0 Å². The van der Waals surface area contributed by atoms with Gasteiger partial charge in [-0.3, -0.25) is 14.6 Å². The van der Waals surface area contributed by atoms with E-state index in [2.05, 4.69) is 4.98 Å². The molecular weight excluding hydrogens is 386 g/mol. The minimum Gasteiger partial charge on any atom is -0.465 e. The molecule has 2 rings (SSSR count). The number of rotatable bonds is 9. The van der Waals surface area contributed by atoms with Crippen LogP contribution in [-0.4, -0.2) is 81.0 Å². The standard InChI is InChI=1S/C18H27N3O6S/c1-3-27-17(22)14-20(11-12-26-2)18(23)15-6-9-21(10-7-15)28(24,25)16-5-4-8-19-13-16/h4-5,8,13,15H,3,6-7,9-12,14H2,1-2H3. The van der Waals surface area contributed by atoms with E-state index in [1.165, 1.54) is 34.8 Å². The van der Waals surface area contributed by atoms with Gasteiger partial charge in [0.1, 0.15) is 11.4 Å². The van der Waals surface area contributed by atoms with Crippen molar-refractivity contribution >= 4 is 21.9 Å². The number of hydrogen-bond donors (Lipinski definition) is 0. The summed E-state index contributed by atoms with van der Waals surface area (Å²) in [6.07, 6.45) is 3.62. The van der Waals surface area contributed by atoms with Crippen LogP contribution in [0.2, 0.25) is 0 Å². The summed E-state index contributed by atoms with van der Waals surface area (Å²) in [6, 6.07) is 3.08. The van der Waals surface area contributed by atoms with Crippen LogP contribution < -0.4 is 0 Å². The van der Waals surface area contributed by atoms with Gasteiger partial charge >= 0.3 is 5.97 Å². The second-order valence-electron chi connectivity index (χ2n) is 6.42. The molecule has 0 bridgehead atoms. The first-order valence-electron chi connectivity index (χ1n) is 9.23. The number of esters is 1. The Morgan fingerprint density at radius 1 is 1.32 bits per heavy atom. The zero-order valence-corrected chi connectivity index (χ0v) is 17.1. The van der Waals surface area contributed by atoms with E-state index in [-0.39, 0.29) is 49.5 Å². The van der Waals surface area contributed by atoms with Gasteiger partial charge in [-0.1, -0.05) is 0 Å². The van der Waals surface area contributed by atoms with Crippen molar-refractivity contribution < 1.29 is 27.5 Å². The van der Waals surface area contributed by atoms with Gasteiger partial charge in [0, 0.05) is 45.1 Å². The molecule has 9 nitrogen and oxygen atoms in total. The lowest BCUT2D eigenvalue weighted by atomic mass is 9.96. The largest absolute Gasteiger partial charge is 0.465 e. The van der Waals surface area contributed by atoms with Gasteiger partial charge in [-0.25, -0.2) is 8.42 Å². The molecule has 0 radical (unpaired) electrons. The summed E-state index contributed by atoms with van der Waals surface area (Å²) in [5.74, 6) is -0.987. The number of carbonyl (C=O) groups excluding carboxylic acids is 2. The molecule has 156 valence electrons. The van der Waals surface area contributed by atoms with Crippen LogP contribution in [0.5, 0.6) is 0 Å². The molecule has 1 saturated heterocycles. The Hall–Kier alpha value is -2.04. The quantitative estimate of drug-likeness (QED) is 0.543. The van der Waals surface area contributed by atoms with E-state index in [1.807, 2.05) is 0 Å². The first-order chi connectivity index (χ1) is 13.4. The van der Waals surface area contributed by atoms with Gasteiger partial charge < -0.3 is 14.4 Å². The van der Waals surface area contributed by atoms with Crippen molar-refractivity contribution in [3.8, 4) is 0 Å². The predicted octanol–water partition coefficient (Wildman–Crippen LogP) is 0.520. The SMILES string of the molecule is CCOC(=O)CN(CCOC)C(=O)C1CCN(S(=O)(=O)c2cccnc2)CC1. The van der Waals surface area contributed by atoms with E-state index in [0.29, 0.717) is 19.4 Å². The fraction of sp³-hybridized carbons (Fsp3) is 0.611. The van der Waals surface area contributed by atoms with Gasteiger partial charge in [0.2, 0.25) is 15.9 Å². The fourth-order valence-corrected chi connectivity index (χ4v) is 4.52. The molecule has 1 aromatic heterocycles.